The van der Waals surface area contributed by atoms with Crippen molar-refractivity contribution < 1.29 is 13.9 Å². The number of aryl methyl sites for hydroxylation is 1. The molecule has 0 radical (unpaired) electrons. The molecule has 1 heterocycles. The highest BCUT2D eigenvalue weighted by atomic mass is 19.1. The third-order valence-electron chi connectivity index (χ3n) is 2.85. The van der Waals surface area contributed by atoms with Crippen LogP contribution in [0.25, 0.3) is 0 Å². The van der Waals surface area contributed by atoms with Crippen LogP contribution in [0.3, 0.4) is 0 Å². The highest BCUT2D eigenvalue weighted by molar-refractivity contribution is 5.97. The van der Waals surface area contributed by atoms with Gasteiger partial charge in [-0.1, -0.05) is 6.07 Å². The van der Waals surface area contributed by atoms with Gasteiger partial charge in [0.05, 0.1) is 7.11 Å². The molecule has 0 saturated heterocycles. The number of aromatic nitrogens is 1. The molecule has 98 valence electrons. The van der Waals surface area contributed by atoms with E-state index in [4.69, 9.17) is 4.74 Å². The van der Waals surface area contributed by atoms with Gasteiger partial charge in [0, 0.05) is 24.2 Å². The smallest absolute Gasteiger partial charge is 0.212 e. The first kappa shape index (κ1) is 13.2. The average Bonchev–Trinajstić information content (AvgIpc) is 2.42. The third kappa shape index (κ3) is 3.16. The maximum atomic E-state index is 13.1. The van der Waals surface area contributed by atoms with Crippen molar-refractivity contribution in [1.82, 2.24) is 4.98 Å². The maximum Gasteiger partial charge on any atom is 0.212 e. The van der Waals surface area contributed by atoms with Gasteiger partial charge in [-0.2, -0.15) is 0 Å². The Bertz CT molecular complexity index is 594. The number of hydrogen-bond acceptors (Lipinski definition) is 3. The summed E-state index contributed by atoms with van der Waals surface area (Å²) >= 11 is 0. The minimum absolute atomic E-state index is 0.0601. The van der Waals surface area contributed by atoms with Gasteiger partial charge in [-0.3, -0.25) is 4.79 Å². The van der Waals surface area contributed by atoms with Crippen molar-refractivity contribution in [3.05, 3.63) is 59.0 Å². The Morgan fingerprint density at radius 2 is 2.11 bits per heavy atom. The van der Waals surface area contributed by atoms with Gasteiger partial charge in [0.25, 0.3) is 0 Å². The van der Waals surface area contributed by atoms with Gasteiger partial charge < -0.3 is 4.74 Å². The van der Waals surface area contributed by atoms with Crippen LogP contribution in [0.5, 0.6) is 5.88 Å². The lowest BCUT2D eigenvalue weighted by Gasteiger charge is -2.04. The number of carbonyl (C=O) groups excluding carboxylic acids is 1. The zero-order chi connectivity index (χ0) is 13.8. The fourth-order valence-corrected chi connectivity index (χ4v) is 1.74. The Kier molecular flexibility index (Phi) is 3.90. The molecule has 1 aromatic heterocycles. The number of hydrogen-bond donors (Lipinski definition) is 0. The number of ketones is 1. The van der Waals surface area contributed by atoms with Crippen molar-refractivity contribution in [2.24, 2.45) is 0 Å². The summed E-state index contributed by atoms with van der Waals surface area (Å²) in [5.41, 5.74) is 1.78. The van der Waals surface area contributed by atoms with Crippen LogP contribution in [0.1, 0.15) is 21.5 Å². The molecule has 0 atom stereocenters. The molecule has 0 bridgehead atoms. The first-order valence-electron chi connectivity index (χ1n) is 5.88. The van der Waals surface area contributed by atoms with Crippen LogP contribution in [0.4, 0.5) is 4.39 Å². The second-order valence-electron chi connectivity index (χ2n) is 4.27. The minimum atomic E-state index is -0.303. The van der Waals surface area contributed by atoms with Crippen LogP contribution >= 0.6 is 0 Å². The molecule has 0 spiro atoms. The number of rotatable bonds is 4. The molecule has 0 amide bonds. The third-order valence-corrected chi connectivity index (χ3v) is 2.85. The number of nitrogens with zero attached hydrogens (tertiary/aromatic N) is 1. The van der Waals surface area contributed by atoms with Crippen molar-refractivity contribution in [1.29, 1.82) is 0 Å². The molecule has 3 nitrogen and oxygen atoms in total. The maximum absolute atomic E-state index is 13.1. The van der Waals surface area contributed by atoms with Crippen LogP contribution in [-0.2, 0) is 6.42 Å². The van der Waals surface area contributed by atoms with E-state index in [2.05, 4.69) is 4.98 Å². The summed E-state index contributed by atoms with van der Waals surface area (Å²) in [4.78, 5) is 16.1. The van der Waals surface area contributed by atoms with Gasteiger partial charge in [-0.25, -0.2) is 9.37 Å². The van der Waals surface area contributed by atoms with Crippen molar-refractivity contribution in [2.45, 2.75) is 13.3 Å². The monoisotopic (exact) mass is 259 g/mol. The topological polar surface area (TPSA) is 39.2 Å². The summed E-state index contributed by atoms with van der Waals surface area (Å²) in [6, 6.07) is 7.88. The van der Waals surface area contributed by atoms with E-state index in [0.29, 0.717) is 17.0 Å². The molecule has 0 N–H and O–H groups in total. The van der Waals surface area contributed by atoms with E-state index in [1.54, 1.807) is 31.3 Å². The van der Waals surface area contributed by atoms with Gasteiger partial charge in [-0.15, -0.1) is 0 Å². The average molecular weight is 259 g/mol. The van der Waals surface area contributed by atoms with Crippen LogP contribution in [0, 0.1) is 12.7 Å². The van der Waals surface area contributed by atoms with E-state index in [-0.39, 0.29) is 18.0 Å². The van der Waals surface area contributed by atoms with Crippen molar-refractivity contribution in [2.75, 3.05) is 7.11 Å². The fraction of sp³-hybridized carbons (Fsp3) is 0.200. The number of benzene rings is 1. The van der Waals surface area contributed by atoms with Gasteiger partial charge in [0.2, 0.25) is 5.88 Å². The zero-order valence-corrected chi connectivity index (χ0v) is 10.8. The molecule has 0 aliphatic carbocycles. The summed E-state index contributed by atoms with van der Waals surface area (Å²) < 4.78 is 18.1. The molecule has 0 aliphatic heterocycles. The highest BCUT2D eigenvalue weighted by Crippen LogP contribution is 2.13. The Morgan fingerprint density at radius 3 is 2.68 bits per heavy atom. The predicted molar refractivity (Wildman–Crippen MR) is 70.0 cm³/mol. The number of halogens is 1. The first-order valence-corrected chi connectivity index (χ1v) is 5.88. The molecule has 4 heteroatoms. The lowest BCUT2D eigenvalue weighted by atomic mass is 10.0. The second-order valence-corrected chi connectivity index (χ2v) is 4.27. The predicted octanol–water partition coefficient (Wildman–Crippen LogP) is 2.96. The Morgan fingerprint density at radius 1 is 1.32 bits per heavy atom. The zero-order valence-electron chi connectivity index (χ0n) is 10.8. The van der Waals surface area contributed by atoms with Crippen molar-refractivity contribution in [3.8, 4) is 5.88 Å². The molecular formula is C15H14FNO2. The Balaban J connectivity index is 2.13. The van der Waals surface area contributed by atoms with E-state index in [1.165, 1.54) is 19.2 Å². The number of ether oxygens (including phenoxy) is 1. The van der Waals surface area contributed by atoms with E-state index in [1.807, 2.05) is 0 Å². The minimum Gasteiger partial charge on any atom is -0.481 e. The van der Waals surface area contributed by atoms with Crippen LogP contribution in [0.2, 0.25) is 0 Å². The van der Waals surface area contributed by atoms with Crippen molar-refractivity contribution >= 4 is 5.78 Å². The molecule has 0 aliphatic rings. The van der Waals surface area contributed by atoms with Gasteiger partial charge in [-0.05, 0) is 36.2 Å². The quantitative estimate of drug-likeness (QED) is 0.792. The van der Waals surface area contributed by atoms with E-state index in [0.717, 1.165) is 5.56 Å². The summed E-state index contributed by atoms with van der Waals surface area (Å²) in [5.74, 6) is 0.145. The van der Waals surface area contributed by atoms with E-state index in [9.17, 15) is 9.18 Å². The van der Waals surface area contributed by atoms with Gasteiger partial charge in [0.1, 0.15) is 5.82 Å². The van der Waals surface area contributed by atoms with Crippen molar-refractivity contribution in [3.63, 3.8) is 0 Å². The second kappa shape index (κ2) is 5.61. The molecule has 0 fully saturated rings. The molecule has 1 aromatic carbocycles. The molecule has 2 rings (SSSR count). The summed E-state index contributed by atoms with van der Waals surface area (Å²) in [6.07, 6.45) is 1.84. The molecule has 2 aromatic rings. The number of pyridine rings is 1. The first-order chi connectivity index (χ1) is 9.10. The largest absolute Gasteiger partial charge is 0.481 e. The normalized spacial score (nSPS) is 10.3. The molecule has 19 heavy (non-hydrogen) atoms. The van der Waals surface area contributed by atoms with Crippen LogP contribution in [-0.4, -0.2) is 17.9 Å². The van der Waals surface area contributed by atoms with Crippen LogP contribution < -0.4 is 4.74 Å². The van der Waals surface area contributed by atoms with Crippen LogP contribution in [0.15, 0.2) is 36.5 Å². The number of carbonyl (C=O) groups is 1. The van der Waals surface area contributed by atoms with Gasteiger partial charge in [0.15, 0.2) is 5.78 Å². The SMILES string of the molecule is COc1ccc(CC(=O)c2ccc(F)c(C)c2)cn1. The highest BCUT2D eigenvalue weighted by Gasteiger charge is 2.09. The molecular weight excluding hydrogens is 245 g/mol. The standard InChI is InChI=1S/C15H14FNO2/c1-10-7-12(4-5-13(10)16)14(18)8-11-3-6-15(19-2)17-9-11/h3-7,9H,8H2,1-2H3. The van der Waals surface area contributed by atoms with E-state index < -0.39 is 0 Å². The summed E-state index contributed by atoms with van der Waals surface area (Å²) in [5, 5.41) is 0. The molecule has 0 saturated carbocycles. The lowest BCUT2D eigenvalue weighted by Crippen LogP contribution is -2.04. The molecule has 0 unspecified atom stereocenters. The summed E-state index contributed by atoms with van der Waals surface area (Å²) in [7, 11) is 1.54. The van der Waals surface area contributed by atoms with Gasteiger partial charge >= 0.3 is 0 Å². The fourth-order valence-electron chi connectivity index (χ4n) is 1.74. The lowest BCUT2D eigenvalue weighted by molar-refractivity contribution is 0.0992. The number of Topliss-reactive ketones (excluding diaryl/α,β-unsaturated/α-hetero) is 1. The van der Waals surface area contributed by atoms with E-state index >= 15 is 0 Å². The summed E-state index contributed by atoms with van der Waals surface area (Å²) in [6.45, 7) is 1.64. The Labute approximate surface area is 111 Å². The Hall–Kier alpha value is -2.23. The number of methoxy groups -OCH3 is 1.